The van der Waals surface area contributed by atoms with Gasteiger partial charge in [0.05, 0.1) is 0 Å². The Bertz CT molecular complexity index is 383. The van der Waals surface area contributed by atoms with E-state index in [1.54, 1.807) is 0 Å². The predicted molar refractivity (Wildman–Crippen MR) is 71.1 cm³/mol. The fourth-order valence-electron chi connectivity index (χ4n) is 2.32. The summed E-state index contributed by atoms with van der Waals surface area (Å²) in [6.45, 7) is 4.12. The summed E-state index contributed by atoms with van der Waals surface area (Å²) in [5, 5.41) is 3.52. The summed E-state index contributed by atoms with van der Waals surface area (Å²) in [7, 11) is 0. The van der Waals surface area contributed by atoms with Crippen LogP contribution in [0.3, 0.4) is 0 Å². The molecule has 1 aliphatic carbocycles. The lowest BCUT2D eigenvalue weighted by Crippen LogP contribution is -2.18. The molecule has 0 unspecified atom stereocenters. The molecule has 1 heterocycles. The van der Waals surface area contributed by atoms with Gasteiger partial charge in [0, 0.05) is 18.0 Å². The van der Waals surface area contributed by atoms with Crippen molar-refractivity contribution in [3.63, 3.8) is 0 Å². The molecule has 0 aromatic carbocycles. The second-order valence-corrected chi connectivity index (χ2v) is 4.87. The summed E-state index contributed by atoms with van der Waals surface area (Å²) < 4.78 is 0. The first-order valence-electron chi connectivity index (χ1n) is 6.60. The minimum atomic E-state index is 0.567. The molecule has 1 aromatic heterocycles. The molecule has 0 radical (unpaired) electrons. The number of hydrogen-bond acceptors (Lipinski definition) is 4. The Morgan fingerprint density at radius 3 is 2.65 bits per heavy atom. The Kier molecular flexibility index (Phi) is 3.82. The minimum absolute atomic E-state index is 0.567. The number of hydrogen-bond donors (Lipinski definition) is 2. The van der Waals surface area contributed by atoms with Crippen molar-refractivity contribution < 1.29 is 0 Å². The molecule has 1 aliphatic rings. The summed E-state index contributed by atoms with van der Waals surface area (Å²) in [6, 6.07) is 0.567. The summed E-state index contributed by atoms with van der Waals surface area (Å²) in [5.74, 6) is 2.41. The number of aromatic nitrogens is 2. The lowest BCUT2D eigenvalue weighted by Gasteiger charge is -2.16. The first kappa shape index (κ1) is 12.1. The van der Waals surface area contributed by atoms with Crippen LogP contribution in [0.2, 0.25) is 0 Å². The molecule has 0 spiro atoms. The van der Waals surface area contributed by atoms with Gasteiger partial charge in [0.15, 0.2) is 0 Å². The highest BCUT2D eigenvalue weighted by atomic mass is 15.1. The van der Waals surface area contributed by atoms with E-state index < -0.39 is 0 Å². The molecule has 17 heavy (non-hydrogen) atoms. The Hall–Kier alpha value is -1.32. The van der Waals surface area contributed by atoms with E-state index in [1.807, 2.05) is 6.92 Å². The molecule has 4 nitrogen and oxygen atoms in total. The molecule has 2 rings (SSSR count). The highest BCUT2D eigenvalue weighted by Gasteiger charge is 2.17. The Morgan fingerprint density at radius 2 is 2.00 bits per heavy atom. The maximum atomic E-state index is 5.93. The fraction of sp³-hybridized carbons (Fsp3) is 0.692. The number of aryl methyl sites for hydroxylation is 1. The van der Waals surface area contributed by atoms with E-state index in [-0.39, 0.29) is 0 Å². The Balaban J connectivity index is 2.18. The predicted octanol–water partition coefficient (Wildman–Crippen LogP) is 2.67. The molecule has 3 N–H and O–H groups in total. The number of nitrogens with one attached hydrogen (secondary N) is 1. The summed E-state index contributed by atoms with van der Waals surface area (Å²) in [6.07, 6.45) is 7.06. The molecule has 0 amide bonds. The number of nitrogens with zero attached hydrogens (tertiary/aromatic N) is 2. The third-order valence-electron chi connectivity index (χ3n) is 3.40. The van der Waals surface area contributed by atoms with Crippen LogP contribution in [-0.4, -0.2) is 16.0 Å². The van der Waals surface area contributed by atoms with E-state index in [4.69, 9.17) is 5.73 Å². The SMILES string of the molecule is CCCc1nc(N)c(C)c(NC2CCCC2)n1. The number of nitrogen functional groups attached to an aromatic ring is 1. The number of rotatable bonds is 4. The summed E-state index contributed by atoms with van der Waals surface area (Å²) >= 11 is 0. The lowest BCUT2D eigenvalue weighted by molar-refractivity contribution is 0.742. The van der Waals surface area contributed by atoms with Gasteiger partial charge in [-0.2, -0.15) is 0 Å². The van der Waals surface area contributed by atoms with E-state index in [0.717, 1.165) is 30.0 Å². The topological polar surface area (TPSA) is 63.8 Å². The van der Waals surface area contributed by atoms with Gasteiger partial charge in [0.25, 0.3) is 0 Å². The average Bonchev–Trinajstić information content (AvgIpc) is 2.78. The second kappa shape index (κ2) is 5.34. The standard InChI is InChI=1S/C13H22N4/c1-3-6-11-16-12(14)9(2)13(17-11)15-10-7-4-5-8-10/h10H,3-8H2,1-2H3,(H3,14,15,16,17). The first-order valence-corrected chi connectivity index (χ1v) is 6.60. The van der Waals surface area contributed by atoms with Gasteiger partial charge < -0.3 is 11.1 Å². The van der Waals surface area contributed by atoms with Crippen LogP contribution in [0.15, 0.2) is 0 Å². The van der Waals surface area contributed by atoms with Crippen LogP contribution >= 0.6 is 0 Å². The quantitative estimate of drug-likeness (QED) is 0.840. The first-order chi connectivity index (χ1) is 8.20. The second-order valence-electron chi connectivity index (χ2n) is 4.87. The van der Waals surface area contributed by atoms with Gasteiger partial charge in [-0.15, -0.1) is 0 Å². The Morgan fingerprint density at radius 1 is 1.29 bits per heavy atom. The fourth-order valence-corrected chi connectivity index (χ4v) is 2.32. The van der Waals surface area contributed by atoms with E-state index in [9.17, 15) is 0 Å². The van der Waals surface area contributed by atoms with Gasteiger partial charge >= 0.3 is 0 Å². The average molecular weight is 234 g/mol. The van der Waals surface area contributed by atoms with E-state index in [1.165, 1.54) is 25.7 Å². The maximum absolute atomic E-state index is 5.93. The Labute approximate surface area is 103 Å². The van der Waals surface area contributed by atoms with Crippen LogP contribution in [0.5, 0.6) is 0 Å². The van der Waals surface area contributed by atoms with Crippen molar-refractivity contribution in [1.82, 2.24) is 9.97 Å². The molecule has 0 saturated heterocycles. The largest absolute Gasteiger partial charge is 0.383 e. The van der Waals surface area contributed by atoms with Gasteiger partial charge in [0.1, 0.15) is 17.5 Å². The van der Waals surface area contributed by atoms with Gasteiger partial charge in [-0.1, -0.05) is 19.8 Å². The lowest BCUT2D eigenvalue weighted by atomic mass is 10.2. The van der Waals surface area contributed by atoms with E-state index >= 15 is 0 Å². The van der Waals surface area contributed by atoms with Crippen molar-refractivity contribution in [3.05, 3.63) is 11.4 Å². The molecule has 0 bridgehead atoms. The van der Waals surface area contributed by atoms with Crippen molar-refractivity contribution in [2.24, 2.45) is 0 Å². The van der Waals surface area contributed by atoms with E-state index in [0.29, 0.717) is 11.9 Å². The van der Waals surface area contributed by atoms with Crippen LogP contribution < -0.4 is 11.1 Å². The van der Waals surface area contributed by atoms with Crippen molar-refractivity contribution in [2.75, 3.05) is 11.1 Å². The third-order valence-corrected chi connectivity index (χ3v) is 3.40. The van der Waals surface area contributed by atoms with E-state index in [2.05, 4.69) is 22.2 Å². The van der Waals surface area contributed by atoms with Crippen LogP contribution in [-0.2, 0) is 6.42 Å². The third kappa shape index (κ3) is 2.87. The monoisotopic (exact) mass is 234 g/mol. The maximum Gasteiger partial charge on any atom is 0.134 e. The van der Waals surface area contributed by atoms with Gasteiger partial charge in [-0.3, -0.25) is 0 Å². The molecule has 1 saturated carbocycles. The van der Waals surface area contributed by atoms with Gasteiger partial charge in [-0.05, 0) is 26.2 Å². The van der Waals surface area contributed by atoms with Crippen molar-refractivity contribution in [3.8, 4) is 0 Å². The van der Waals surface area contributed by atoms with Crippen LogP contribution in [0.25, 0.3) is 0 Å². The van der Waals surface area contributed by atoms with Crippen LogP contribution in [0, 0.1) is 6.92 Å². The highest BCUT2D eigenvalue weighted by Crippen LogP contribution is 2.24. The minimum Gasteiger partial charge on any atom is -0.383 e. The van der Waals surface area contributed by atoms with Crippen molar-refractivity contribution in [1.29, 1.82) is 0 Å². The van der Waals surface area contributed by atoms with Gasteiger partial charge in [0.2, 0.25) is 0 Å². The molecule has 94 valence electrons. The molecular weight excluding hydrogens is 212 g/mol. The zero-order valence-corrected chi connectivity index (χ0v) is 10.8. The smallest absolute Gasteiger partial charge is 0.134 e. The van der Waals surface area contributed by atoms with Crippen LogP contribution in [0.4, 0.5) is 11.6 Å². The molecular formula is C13H22N4. The molecule has 1 aromatic rings. The molecule has 4 heteroatoms. The molecule has 0 atom stereocenters. The van der Waals surface area contributed by atoms with Crippen molar-refractivity contribution >= 4 is 11.6 Å². The number of nitrogens with two attached hydrogens (primary N) is 1. The zero-order chi connectivity index (χ0) is 12.3. The normalized spacial score (nSPS) is 16.4. The van der Waals surface area contributed by atoms with Crippen molar-refractivity contribution in [2.45, 2.75) is 58.4 Å². The van der Waals surface area contributed by atoms with Gasteiger partial charge in [-0.25, -0.2) is 9.97 Å². The highest BCUT2D eigenvalue weighted by molar-refractivity contribution is 5.55. The molecule has 1 fully saturated rings. The summed E-state index contributed by atoms with van der Waals surface area (Å²) in [4.78, 5) is 8.91. The van der Waals surface area contributed by atoms with Crippen LogP contribution in [0.1, 0.15) is 50.4 Å². The summed E-state index contributed by atoms with van der Waals surface area (Å²) in [5.41, 5.74) is 6.92. The molecule has 0 aliphatic heterocycles. The zero-order valence-electron chi connectivity index (χ0n) is 10.8. The number of anilines is 2.